The number of nitrogens with zero attached hydrogens (tertiary/aromatic N) is 1. The summed E-state index contributed by atoms with van der Waals surface area (Å²) in [6.07, 6.45) is 0.148. The fourth-order valence-corrected chi connectivity index (χ4v) is 2.03. The van der Waals surface area contributed by atoms with Crippen molar-refractivity contribution in [1.82, 2.24) is 5.32 Å². The van der Waals surface area contributed by atoms with Gasteiger partial charge in [-0.2, -0.15) is 0 Å². The number of nitro benzene ring substituents is 1. The molecule has 2 aromatic carbocycles. The minimum Gasteiger partial charge on any atom is -0.480 e. The lowest BCUT2D eigenvalue weighted by atomic mass is 10.1. The average Bonchev–Trinajstić information content (AvgIpc) is 2.55. The van der Waals surface area contributed by atoms with E-state index < -0.39 is 22.8 Å². The Morgan fingerprint density at radius 2 is 1.70 bits per heavy atom. The highest BCUT2D eigenvalue weighted by molar-refractivity contribution is 5.96. The first-order valence-electron chi connectivity index (χ1n) is 6.79. The van der Waals surface area contributed by atoms with Gasteiger partial charge < -0.3 is 10.4 Å². The smallest absolute Gasteiger partial charge is 0.326 e. The summed E-state index contributed by atoms with van der Waals surface area (Å²) in [4.78, 5) is 33.4. The number of hydrogen-bond donors (Lipinski definition) is 2. The molecule has 7 nitrogen and oxygen atoms in total. The minimum atomic E-state index is -1.15. The number of amides is 1. The standard InChI is InChI=1S/C16H14N2O5/c19-15(12-6-8-13(9-7-12)18(22)23)17-14(16(20)21)10-11-4-2-1-3-5-11/h1-9,14H,10H2,(H,17,19)(H,20,21). The molecule has 0 radical (unpaired) electrons. The lowest BCUT2D eigenvalue weighted by Gasteiger charge is -2.14. The zero-order chi connectivity index (χ0) is 16.8. The molecule has 0 fully saturated rings. The van der Waals surface area contributed by atoms with Crippen LogP contribution in [-0.4, -0.2) is 27.9 Å². The van der Waals surface area contributed by atoms with Crippen molar-refractivity contribution in [2.75, 3.05) is 0 Å². The van der Waals surface area contributed by atoms with Gasteiger partial charge >= 0.3 is 5.97 Å². The number of rotatable bonds is 6. The molecular formula is C16H14N2O5. The SMILES string of the molecule is O=C(NC(Cc1ccccc1)C(=O)O)c1ccc([N+](=O)[O-])cc1. The van der Waals surface area contributed by atoms with Gasteiger partial charge in [-0.05, 0) is 17.7 Å². The van der Waals surface area contributed by atoms with Gasteiger partial charge in [-0.25, -0.2) is 4.79 Å². The van der Waals surface area contributed by atoms with Gasteiger partial charge in [0.05, 0.1) is 4.92 Å². The first kappa shape index (κ1) is 16.2. The van der Waals surface area contributed by atoms with Crippen LogP contribution in [0.5, 0.6) is 0 Å². The predicted molar refractivity (Wildman–Crippen MR) is 82.1 cm³/mol. The first-order chi connectivity index (χ1) is 11.0. The molecule has 0 heterocycles. The quantitative estimate of drug-likeness (QED) is 0.626. The lowest BCUT2D eigenvalue weighted by molar-refractivity contribution is -0.384. The lowest BCUT2D eigenvalue weighted by Crippen LogP contribution is -2.42. The molecule has 0 aliphatic rings. The van der Waals surface area contributed by atoms with E-state index >= 15 is 0 Å². The fraction of sp³-hybridized carbons (Fsp3) is 0.125. The van der Waals surface area contributed by atoms with Gasteiger partial charge in [0.2, 0.25) is 0 Å². The highest BCUT2D eigenvalue weighted by Gasteiger charge is 2.21. The van der Waals surface area contributed by atoms with Gasteiger partial charge in [0.1, 0.15) is 6.04 Å². The summed E-state index contributed by atoms with van der Waals surface area (Å²) < 4.78 is 0. The molecule has 1 atom stereocenters. The number of carboxylic acids is 1. The molecule has 0 saturated carbocycles. The normalized spacial score (nSPS) is 11.5. The fourth-order valence-electron chi connectivity index (χ4n) is 2.03. The molecule has 2 rings (SSSR count). The molecule has 1 amide bonds. The Bertz CT molecular complexity index is 713. The van der Waals surface area contributed by atoms with Crippen LogP contribution >= 0.6 is 0 Å². The van der Waals surface area contributed by atoms with E-state index in [1.807, 2.05) is 6.07 Å². The molecule has 2 aromatic rings. The molecule has 118 valence electrons. The molecule has 2 N–H and O–H groups in total. The molecule has 0 aliphatic heterocycles. The molecular weight excluding hydrogens is 300 g/mol. The maximum atomic E-state index is 12.1. The summed E-state index contributed by atoms with van der Waals surface area (Å²) in [6.45, 7) is 0. The Morgan fingerprint density at radius 1 is 1.09 bits per heavy atom. The Hall–Kier alpha value is -3.22. The molecule has 0 saturated heterocycles. The molecule has 0 aliphatic carbocycles. The van der Waals surface area contributed by atoms with Crippen LogP contribution in [0.25, 0.3) is 0 Å². The van der Waals surface area contributed by atoms with Crippen LogP contribution in [0.1, 0.15) is 15.9 Å². The van der Waals surface area contributed by atoms with Crippen molar-refractivity contribution in [2.45, 2.75) is 12.5 Å². The molecule has 0 spiro atoms. The number of nitro groups is 1. The van der Waals surface area contributed by atoms with Crippen LogP contribution in [0.4, 0.5) is 5.69 Å². The highest BCUT2D eigenvalue weighted by atomic mass is 16.6. The molecule has 1 unspecified atom stereocenters. The Balaban J connectivity index is 2.08. The Kier molecular flexibility index (Phi) is 5.03. The average molecular weight is 314 g/mol. The zero-order valence-electron chi connectivity index (χ0n) is 12.0. The largest absolute Gasteiger partial charge is 0.480 e. The maximum Gasteiger partial charge on any atom is 0.326 e. The van der Waals surface area contributed by atoms with Crippen molar-refractivity contribution in [3.8, 4) is 0 Å². The van der Waals surface area contributed by atoms with Gasteiger partial charge in [-0.1, -0.05) is 30.3 Å². The van der Waals surface area contributed by atoms with Crippen LogP contribution in [0.2, 0.25) is 0 Å². The van der Waals surface area contributed by atoms with Crippen molar-refractivity contribution in [3.05, 3.63) is 75.8 Å². The van der Waals surface area contributed by atoms with Crippen molar-refractivity contribution < 1.29 is 19.6 Å². The molecule has 0 bridgehead atoms. The van der Waals surface area contributed by atoms with Crippen molar-refractivity contribution in [1.29, 1.82) is 0 Å². The van der Waals surface area contributed by atoms with Crippen LogP contribution in [0.3, 0.4) is 0 Å². The van der Waals surface area contributed by atoms with Crippen molar-refractivity contribution >= 4 is 17.6 Å². The van der Waals surface area contributed by atoms with E-state index in [0.717, 1.165) is 5.56 Å². The number of carbonyl (C=O) groups excluding carboxylic acids is 1. The minimum absolute atomic E-state index is 0.138. The van der Waals surface area contributed by atoms with Crippen molar-refractivity contribution in [2.24, 2.45) is 0 Å². The summed E-state index contributed by atoms with van der Waals surface area (Å²) in [7, 11) is 0. The topological polar surface area (TPSA) is 110 Å². The third-order valence-corrected chi connectivity index (χ3v) is 3.23. The zero-order valence-corrected chi connectivity index (χ0v) is 12.0. The Morgan fingerprint density at radius 3 is 2.22 bits per heavy atom. The van der Waals surface area contributed by atoms with Crippen LogP contribution in [-0.2, 0) is 11.2 Å². The van der Waals surface area contributed by atoms with Gasteiger partial charge in [0.25, 0.3) is 11.6 Å². The third kappa shape index (κ3) is 4.37. The van der Waals surface area contributed by atoms with Crippen LogP contribution in [0, 0.1) is 10.1 Å². The van der Waals surface area contributed by atoms with Gasteiger partial charge in [-0.15, -0.1) is 0 Å². The van der Waals surface area contributed by atoms with E-state index in [9.17, 15) is 24.8 Å². The second-order valence-electron chi connectivity index (χ2n) is 4.86. The molecule has 0 aromatic heterocycles. The number of nitrogens with one attached hydrogen (secondary N) is 1. The monoisotopic (exact) mass is 314 g/mol. The third-order valence-electron chi connectivity index (χ3n) is 3.23. The summed E-state index contributed by atoms with van der Waals surface area (Å²) in [5.41, 5.74) is 0.805. The summed E-state index contributed by atoms with van der Waals surface area (Å²) >= 11 is 0. The van der Waals surface area contributed by atoms with Crippen LogP contribution in [0.15, 0.2) is 54.6 Å². The second kappa shape index (κ2) is 7.17. The number of hydrogen-bond acceptors (Lipinski definition) is 4. The summed E-state index contributed by atoms with van der Waals surface area (Å²) in [5.74, 6) is -1.74. The van der Waals surface area contributed by atoms with E-state index in [-0.39, 0.29) is 17.7 Å². The number of aliphatic carboxylic acids is 1. The van der Waals surface area contributed by atoms with E-state index in [4.69, 9.17) is 0 Å². The number of carbonyl (C=O) groups is 2. The van der Waals surface area contributed by atoms with Gasteiger partial charge in [0, 0.05) is 24.1 Å². The van der Waals surface area contributed by atoms with Crippen LogP contribution < -0.4 is 5.32 Å². The first-order valence-corrected chi connectivity index (χ1v) is 6.79. The second-order valence-corrected chi connectivity index (χ2v) is 4.86. The number of benzene rings is 2. The summed E-state index contributed by atoms with van der Waals surface area (Å²) in [5, 5.41) is 22.2. The van der Waals surface area contributed by atoms with E-state index in [2.05, 4.69) is 5.32 Å². The predicted octanol–water partition coefficient (Wildman–Crippen LogP) is 2.02. The van der Waals surface area contributed by atoms with E-state index in [0.29, 0.717) is 0 Å². The maximum absolute atomic E-state index is 12.1. The van der Waals surface area contributed by atoms with Crippen molar-refractivity contribution in [3.63, 3.8) is 0 Å². The number of non-ortho nitro benzene ring substituents is 1. The molecule has 23 heavy (non-hydrogen) atoms. The Labute approximate surface area is 131 Å². The van der Waals surface area contributed by atoms with Gasteiger partial charge in [0.15, 0.2) is 0 Å². The van der Waals surface area contributed by atoms with E-state index in [1.165, 1.54) is 24.3 Å². The van der Waals surface area contributed by atoms with E-state index in [1.54, 1.807) is 24.3 Å². The summed E-state index contributed by atoms with van der Waals surface area (Å²) in [6, 6.07) is 12.8. The number of carboxylic acid groups (broad SMARTS) is 1. The highest BCUT2D eigenvalue weighted by Crippen LogP contribution is 2.12. The van der Waals surface area contributed by atoms with Gasteiger partial charge in [-0.3, -0.25) is 14.9 Å². The molecule has 7 heteroatoms.